The Balaban J connectivity index is 1.64. The van der Waals surface area contributed by atoms with Crippen LogP contribution in [-0.4, -0.2) is 37.8 Å². The van der Waals surface area contributed by atoms with Crippen molar-refractivity contribution >= 4 is 11.7 Å². The standard InChI is InChI=1S/C16H20N6O/c1-3-21-11-14(18-20-21)16(23)17-15-9-12(2)22(19-15)10-13-7-5-4-6-8-13/h4-8,11-12H,3,9-10H2,1-2H3,(H,17,19,23). The summed E-state index contributed by atoms with van der Waals surface area (Å²) in [6.07, 6.45) is 2.34. The molecule has 7 nitrogen and oxygen atoms in total. The lowest BCUT2D eigenvalue weighted by Gasteiger charge is -2.19. The van der Waals surface area contributed by atoms with Crippen molar-refractivity contribution in [1.82, 2.24) is 25.3 Å². The molecule has 3 rings (SSSR count). The van der Waals surface area contributed by atoms with Gasteiger partial charge in [-0.05, 0) is 19.4 Å². The van der Waals surface area contributed by atoms with Crippen molar-refractivity contribution in [3.63, 3.8) is 0 Å². The molecular formula is C16H20N6O. The van der Waals surface area contributed by atoms with Crippen LogP contribution < -0.4 is 5.32 Å². The van der Waals surface area contributed by atoms with E-state index in [-0.39, 0.29) is 11.9 Å². The summed E-state index contributed by atoms with van der Waals surface area (Å²) in [4.78, 5) is 12.2. The second-order valence-corrected chi connectivity index (χ2v) is 5.60. The SMILES string of the molecule is CCn1cc(C(=O)NC2=NN(Cc3ccccc3)C(C)C2)nn1. The topological polar surface area (TPSA) is 75.4 Å². The highest BCUT2D eigenvalue weighted by Crippen LogP contribution is 2.17. The highest BCUT2D eigenvalue weighted by molar-refractivity contribution is 6.05. The van der Waals surface area contributed by atoms with E-state index in [1.807, 2.05) is 30.1 Å². The van der Waals surface area contributed by atoms with Crippen molar-refractivity contribution in [2.75, 3.05) is 0 Å². The average Bonchev–Trinajstić information content (AvgIpc) is 3.16. The van der Waals surface area contributed by atoms with Gasteiger partial charge in [0.15, 0.2) is 5.69 Å². The average molecular weight is 312 g/mol. The summed E-state index contributed by atoms with van der Waals surface area (Å²) >= 11 is 0. The van der Waals surface area contributed by atoms with Crippen molar-refractivity contribution in [2.24, 2.45) is 5.10 Å². The van der Waals surface area contributed by atoms with Gasteiger partial charge in [0, 0.05) is 13.0 Å². The van der Waals surface area contributed by atoms with Crippen LogP contribution in [0.4, 0.5) is 0 Å². The molecule has 0 aliphatic carbocycles. The van der Waals surface area contributed by atoms with Crippen LogP contribution in [0.2, 0.25) is 0 Å². The number of hydrogen-bond donors (Lipinski definition) is 1. The van der Waals surface area contributed by atoms with Crippen LogP contribution >= 0.6 is 0 Å². The predicted molar refractivity (Wildman–Crippen MR) is 86.7 cm³/mol. The number of rotatable bonds is 4. The van der Waals surface area contributed by atoms with Gasteiger partial charge < -0.3 is 5.32 Å². The predicted octanol–water partition coefficient (Wildman–Crippen LogP) is 1.64. The Hall–Kier alpha value is -2.70. The van der Waals surface area contributed by atoms with Crippen LogP contribution in [0.3, 0.4) is 0 Å². The fourth-order valence-corrected chi connectivity index (χ4v) is 2.47. The zero-order valence-electron chi connectivity index (χ0n) is 13.3. The second kappa shape index (κ2) is 6.60. The van der Waals surface area contributed by atoms with Crippen LogP contribution in [0.1, 0.15) is 36.3 Å². The van der Waals surface area contributed by atoms with Gasteiger partial charge in [0.2, 0.25) is 0 Å². The molecule has 1 aromatic carbocycles. The van der Waals surface area contributed by atoms with E-state index in [4.69, 9.17) is 0 Å². The van der Waals surface area contributed by atoms with E-state index in [0.29, 0.717) is 24.5 Å². The summed E-state index contributed by atoms with van der Waals surface area (Å²) in [5.41, 5.74) is 1.50. The van der Waals surface area contributed by atoms with Gasteiger partial charge in [0.05, 0.1) is 18.8 Å². The molecule has 1 aliphatic rings. The van der Waals surface area contributed by atoms with E-state index in [2.05, 4.69) is 39.8 Å². The number of aryl methyl sites for hydroxylation is 1. The number of benzene rings is 1. The third-order valence-electron chi connectivity index (χ3n) is 3.79. The van der Waals surface area contributed by atoms with Crippen molar-refractivity contribution in [3.8, 4) is 0 Å². The number of nitrogens with one attached hydrogen (secondary N) is 1. The fourth-order valence-electron chi connectivity index (χ4n) is 2.47. The van der Waals surface area contributed by atoms with Gasteiger partial charge in [-0.1, -0.05) is 35.5 Å². The van der Waals surface area contributed by atoms with E-state index in [0.717, 1.165) is 6.54 Å². The van der Waals surface area contributed by atoms with Gasteiger partial charge in [-0.3, -0.25) is 14.5 Å². The summed E-state index contributed by atoms with van der Waals surface area (Å²) < 4.78 is 1.62. The third kappa shape index (κ3) is 3.56. The molecule has 0 fully saturated rings. The fraction of sp³-hybridized carbons (Fsp3) is 0.375. The summed E-state index contributed by atoms with van der Waals surface area (Å²) in [5.74, 6) is 0.404. The smallest absolute Gasteiger partial charge is 0.278 e. The van der Waals surface area contributed by atoms with Gasteiger partial charge in [-0.15, -0.1) is 5.10 Å². The molecule has 0 bridgehead atoms. The molecule has 7 heteroatoms. The van der Waals surface area contributed by atoms with E-state index in [1.165, 1.54) is 5.56 Å². The number of aromatic nitrogens is 3. The second-order valence-electron chi connectivity index (χ2n) is 5.60. The molecule has 23 heavy (non-hydrogen) atoms. The van der Waals surface area contributed by atoms with Crippen LogP contribution in [0, 0.1) is 0 Å². The molecule has 0 spiro atoms. The highest BCUT2D eigenvalue weighted by atomic mass is 16.2. The van der Waals surface area contributed by atoms with E-state index >= 15 is 0 Å². The maximum absolute atomic E-state index is 12.2. The van der Waals surface area contributed by atoms with Crippen molar-refractivity contribution in [2.45, 2.75) is 39.4 Å². The summed E-state index contributed by atoms with van der Waals surface area (Å²) in [5, 5.41) is 17.1. The molecule has 0 saturated heterocycles. The van der Waals surface area contributed by atoms with Gasteiger partial charge in [0.1, 0.15) is 5.84 Å². The number of nitrogens with zero attached hydrogens (tertiary/aromatic N) is 5. The molecule has 1 unspecified atom stereocenters. The third-order valence-corrected chi connectivity index (χ3v) is 3.79. The highest BCUT2D eigenvalue weighted by Gasteiger charge is 2.24. The minimum atomic E-state index is -0.266. The van der Waals surface area contributed by atoms with E-state index < -0.39 is 0 Å². The minimum Gasteiger partial charge on any atom is -0.307 e. The molecule has 1 aromatic heterocycles. The Bertz CT molecular complexity index is 708. The number of amidine groups is 1. The minimum absolute atomic E-state index is 0.247. The van der Waals surface area contributed by atoms with Gasteiger partial charge in [-0.25, -0.2) is 0 Å². The Morgan fingerprint density at radius 1 is 1.35 bits per heavy atom. The van der Waals surface area contributed by atoms with Crippen LogP contribution in [0.5, 0.6) is 0 Å². The van der Waals surface area contributed by atoms with Gasteiger partial charge in [-0.2, -0.15) is 5.10 Å². The first-order chi connectivity index (χ1) is 11.2. The first kappa shape index (κ1) is 15.2. The Labute approximate surface area is 135 Å². The first-order valence-corrected chi connectivity index (χ1v) is 7.75. The largest absolute Gasteiger partial charge is 0.307 e. The molecule has 2 aromatic rings. The van der Waals surface area contributed by atoms with Gasteiger partial charge >= 0.3 is 0 Å². The van der Waals surface area contributed by atoms with Crippen LogP contribution in [0.15, 0.2) is 41.6 Å². The van der Waals surface area contributed by atoms with Crippen molar-refractivity contribution in [3.05, 3.63) is 47.8 Å². The molecule has 1 aliphatic heterocycles. The van der Waals surface area contributed by atoms with E-state index in [9.17, 15) is 4.79 Å². The Kier molecular flexibility index (Phi) is 4.36. The Morgan fingerprint density at radius 3 is 2.83 bits per heavy atom. The van der Waals surface area contributed by atoms with Crippen molar-refractivity contribution < 1.29 is 4.79 Å². The molecule has 1 N–H and O–H groups in total. The lowest BCUT2D eigenvalue weighted by Crippen LogP contribution is -2.30. The molecule has 0 radical (unpaired) electrons. The molecule has 1 atom stereocenters. The summed E-state index contributed by atoms with van der Waals surface area (Å²) in [6, 6.07) is 10.4. The lowest BCUT2D eigenvalue weighted by molar-refractivity contribution is 0.0971. The Morgan fingerprint density at radius 2 is 2.13 bits per heavy atom. The monoisotopic (exact) mass is 312 g/mol. The molecule has 0 saturated carbocycles. The molecule has 2 heterocycles. The number of amides is 1. The zero-order chi connectivity index (χ0) is 16.2. The van der Waals surface area contributed by atoms with Crippen LogP contribution in [0.25, 0.3) is 0 Å². The number of hydrazone groups is 1. The quantitative estimate of drug-likeness (QED) is 0.931. The van der Waals surface area contributed by atoms with Gasteiger partial charge in [0.25, 0.3) is 5.91 Å². The summed E-state index contributed by atoms with van der Waals surface area (Å²) in [7, 11) is 0. The zero-order valence-corrected chi connectivity index (χ0v) is 13.3. The lowest BCUT2D eigenvalue weighted by atomic mass is 10.2. The molecular weight excluding hydrogens is 292 g/mol. The van der Waals surface area contributed by atoms with Crippen LogP contribution in [-0.2, 0) is 13.1 Å². The maximum Gasteiger partial charge on any atom is 0.278 e. The van der Waals surface area contributed by atoms with E-state index in [1.54, 1.807) is 10.9 Å². The van der Waals surface area contributed by atoms with Crippen molar-refractivity contribution in [1.29, 1.82) is 0 Å². The molecule has 1 amide bonds. The number of carbonyl (C=O) groups is 1. The summed E-state index contributed by atoms with van der Waals surface area (Å²) in [6.45, 7) is 5.45. The normalized spacial score (nSPS) is 17.2. The number of carbonyl (C=O) groups excluding carboxylic acids is 1. The molecule has 120 valence electrons. The number of hydrogen-bond acceptors (Lipinski definition) is 5. The maximum atomic E-state index is 12.2. The first-order valence-electron chi connectivity index (χ1n) is 7.75.